The average Bonchev–Trinajstić information content (AvgIpc) is 3.30. The van der Waals surface area contributed by atoms with Gasteiger partial charge in [0.05, 0.1) is 29.4 Å². The lowest BCUT2D eigenvalue weighted by atomic mass is 9.97. The summed E-state index contributed by atoms with van der Waals surface area (Å²) < 4.78 is 11.2. The van der Waals surface area contributed by atoms with Gasteiger partial charge in [-0.25, -0.2) is 24.7 Å². The summed E-state index contributed by atoms with van der Waals surface area (Å²) in [5, 5.41) is 0.156. The first-order valence-corrected chi connectivity index (χ1v) is 14.0. The summed E-state index contributed by atoms with van der Waals surface area (Å²) >= 11 is 1.79. The maximum absolute atomic E-state index is 12.5. The number of amides is 1. The van der Waals surface area contributed by atoms with Crippen molar-refractivity contribution >= 4 is 29.6 Å². The third-order valence-electron chi connectivity index (χ3n) is 7.27. The van der Waals surface area contributed by atoms with Gasteiger partial charge in [0, 0.05) is 49.7 Å². The van der Waals surface area contributed by atoms with Gasteiger partial charge in [-0.2, -0.15) is 0 Å². The first-order chi connectivity index (χ1) is 18.6. The van der Waals surface area contributed by atoms with Gasteiger partial charge in [-0.15, -0.1) is 11.8 Å². The molecule has 198 valence electrons. The van der Waals surface area contributed by atoms with Crippen molar-refractivity contribution < 1.29 is 14.3 Å². The summed E-state index contributed by atoms with van der Waals surface area (Å²) in [5.41, 5.74) is 8.61. The Morgan fingerprint density at radius 3 is 2.45 bits per heavy atom. The molecule has 1 amide bonds. The van der Waals surface area contributed by atoms with Crippen molar-refractivity contribution in [3.8, 4) is 17.1 Å². The number of carbonyl (C=O) groups excluding carboxylic acids is 1. The van der Waals surface area contributed by atoms with Crippen LogP contribution in [0.4, 0.5) is 16.6 Å². The van der Waals surface area contributed by atoms with Crippen LogP contribution in [0, 0.1) is 0 Å². The van der Waals surface area contributed by atoms with E-state index in [2.05, 4.69) is 33.9 Å². The molecule has 10 nitrogen and oxygen atoms in total. The van der Waals surface area contributed by atoms with Gasteiger partial charge in [0.2, 0.25) is 5.95 Å². The van der Waals surface area contributed by atoms with Gasteiger partial charge in [0.1, 0.15) is 11.6 Å². The van der Waals surface area contributed by atoms with Crippen LogP contribution >= 0.6 is 11.8 Å². The lowest BCUT2D eigenvalue weighted by Gasteiger charge is -2.29. The molecule has 3 aromatic rings. The summed E-state index contributed by atoms with van der Waals surface area (Å²) in [7, 11) is 0. The Morgan fingerprint density at radius 1 is 1.03 bits per heavy atom. The Labute approximate surface area is 226 Å². The van der Waals surface area contributed by atoms with Crippen LogP contribution in [0.1, 0.15) is 48.6 Å². The number of carbonyl (C=O) groups is 1. The molecule has 1 aromatic carbocycles. The molecule has 0 saturated carbocycles. The van der Waals surface area contributed by atoms with Crippen LogP contribution in [-0.2, 0) is 4.74 Å². The summed E-state index contributed by atoms with van der Waals surface area (Å²) in [5.74, 6) is 2.46. The molecule has 5 heterocycles. The number of hydrogen-bond acceptors (Lipinski definition) is 10. The number of rotatable bonds is 4. The number of morpholine rings is 1. The summed E-state index contributed by atoms with van der Waals surface area (Å²) in [6, 6.07) is 7.88. The maximum Gasteiger partial charge on any atom is 0.415 e. The van der Waals surface area contributed by atoms with Crippen molar-refractivity contribution in [3.63, 3.8) is 0 Å². The van der Waals surface area contributed by atoms with E-state index in [4.69, 9.17) is 25.2 Å². The van der Waals surface area contributed by atoms with E-state index in [-0.39, 0.29) is 23.2 Å². The summed E-state index contributed by atoms with van der Waals surface area (Å²) in [4.78, 5) is 35.9. The number of nitrogens with zero attached hydrogens (tertiary/aromatic N) is 6. The van der Waals surface area contributed by atoms with E-state index in [1.165, 1.54) is 6.42 Å². The van der Waals surface area contributed by atoms with Crippen molar-refractivity contribution in [1.82, 2.24) is 24.8 Å². The third-order valence-corrected chi connectivity index (χ3v) is 8.83. The number of likely N-dealkylation sites (tertiary alicyclic amines) is 1. The molecule has 2 saturated heterocycles. The number of nitrogens with two attached hydrogens (primary N) is 1. The van der Waals surface area contributed by atoms with Crippen LogP contribution in [0.15, 0.2) is 41.6 Å². The molecule has 3 aliphatic heterocycles. The Kier molecular flexibility index (Phi) is 7.03. The first kappa shape index (κ1) is 24.9. The van der Waals surface area contributed by atoms with Crippen LogP contribution in [0.25, 0.3) is 11.4 Å². The SMILES string of the molecule is CC1c2nc(-c3cnc(N)nc3)nc(N3CCOCC3)c2SC1c1ccc(OC(=O)N2CCCCC2)cc1. The molecular weight excluding hydrogens is 502 g/mol. The van der Waals surface area contributed by atoms with Crippen LogP contribution in [0.5, 0.6) is 5.75 Å². The van der Waals surface area contributed by atoms with E-state index in [0.29, 0.717) is 24.8 Å². The Hall–Kier alpha value is -3.44. The number of aromatic nitrogens is 4. The van der Waals surface area contributed by atoms with E-state index >= 15 is 0 Å². The standard InChI is InChI=1S/C27H31N7O3S/c1-17-21-23(25(33-11-13-36-14-12-33)32-24(31-21)19-15-29-26(28)30-16-19)38-22(17)18-5-7-20(8-6-18)37-27(35)34-9-3-2-4-10-34/h5-8,15-17,22H,2-4,9-14H2,1H3,(H2,28,29,30). The molecule has 2 atom stereocenters. The fourth-order valence-corrected chi connectivity index (χ4v) is 6.66. The molecule has 2 N–H and O–H groups in total. The fourth-order valence-electron chi connectivity index (χ4n) is 5.15. The lowest BCUT2D eigenvalue weighted by Crippen LogP contribution is -2.37. The van der Waals surface area contributed by atoms with Crippen molar-refractivity contribution in [2.24, 2.45) is 0 Å². The van der Waals surface area contributed by atoms with Gasteiger partial charge in [-0.3, -0.25) is 0 Å². The van der Waals surface area contributed by atoms with Gasteiger partial charge < -0.3 is 25.0 Å². The molecular formula is C27H31N7O3S. The molecule has 2 fully saturated rings. The zero-order chi connectivity index (χ0) is 26.1. The highest BCUT2D eigenvalue weighted by Crippen LogP contribution is 2.56. The minimum atomic E-state index is -0.266. The fraction of sp³-hybridized carbons (Fsp3) is 0.444. The smallest absolute Gasteiger partial charge is 0.410 e. The normalized spacial score (nSPS) is 21.3. The average molecular weight is 534 g/mol. The quantitative estimate of drug-likeness (QED) is 0.520. The molecule has 11 heteroatoms. The second kappa shape index (κ2) is 10.7. The molecule has 2 unspecified atom stereocenters. The zero-order valence-corrected chi connectivity index (χ0v) is 22.2. The summed E-state index contributed by atoms with van der Waals surface area (Å²) in [6.45, 7) is 6.62. The molecule has 0 aliphatic carbocycles. The van der Waals surface area contributed by atoms with Crippen LogP contribution < -0.4 is 15.4 Å². The number of ether oxygens (including phenoxy) is 2. The predicted molar refractivity (Wildman–Crippen MR) is 145 cm³/mol. The van der Waals surface area contributed by atoms with Crippen molar-refractivity contribution in [3.05, 3.63) is 47.9 Å². The Morgan fingerprint density at radius 2 is 1.74 bits per heavy atom. The number of hydrogen-bond donors (Lipinski definition) is 1. The second-order valence-electron chi connectivity index (χ2n) is 9.83. The van der Waals surface area contributed by atoms with Crippen molar-refractivity contribution in [2.45, 2.75) is 42.2 Å². The highest BCUT2D eigenvalue weighted by molar-refractivity contribution is 8.00. The maximum atomic E-state index is 12.5. The first-order valence-electron chi connectivity index (χ1n) is 13.1. The van der Waals surface area contributed by atoms with Gasteiger partial charge in [0.15, 0.2) is 5.82 Å². The molecule has 0 radical (unpaired) electrons. The number of benzene rings is 1. The van der Waals surface area contributed by atoms with Gasteiger partial charge in [-0.05, 0) is 37.0 Å². The van der Waals surface area contributed by atoms with Gasteiger partial charge >= 0.3 is 6.09 Å². The molecule has 6 rings (SSSR count). The highest BCUT2D eigenvalue weighted by Gasteiger charge is 2.37. The Bertz CT molecular complexity index is 1290. The molecule has 3 aliphatic rings. The number of thioether (sulfide) groups is 1. The van der Waals surface area contributed by atoms with E-state index in [1.807, 2.05) is 12.1 Å². The van der Waals surface area contributed by atoms with Crippen molar-refractivity contribution in [2.75, 3.05) is 50.0 Å². The topological polar surface area (TPSA) is 120 Å². The largest absolute Gasteiger partial charge is 0.415 e. The van der Waals surface area contributed by atoms with E-state index in [9.17, 15) is 4.79 Å². The zero-order valence-electron chi connectivity index (χ0n) is 21.4. The number of fused-ring (bicyclic) bond motifs is 1. The number of nitrogen functional groups attached to an aromatic ring is 1. The second-order valence-corrected chi connectivity index (χ2v) is 11.0. The van der Waals surface area contributed by atoms with E-state index in [1.54, 1.807) is 29.1 Å². The van der Waals surface area contributed by atoms with E-state index in [0.717, 1.165) is 66.6 Å². The van der Waals surface area contributed by atoms with Gasteiger partial charge in [0.25, 0.3) is 0 Å². The minimum absolute atomic E-state index is 0.146. The number of anilines is 2. The van der Waals surface area contributed by atoms with E-state index < -0.39 is 0 Å². The third kappa shape index (κ3) is 5.00. The highest BCUT2D eigenvalue weighted by atomic mass is 32.2. The lowest BCUT2D eigenvalue weighted by molar-refractivity contribution is 0.122. The van der Waals surface area contributed by atoms with Gasteiger partial charge in [-0.1, -0.05) is 19.1 Å². The number of piperidine rings is 1. The predicted octanol–water partition coefficient (Wildman–Crippen LogP) is 4.29. The minimum Gasteiger partial charge on any atom is -0.410 e. The van der Waals surface area contributed by atoms with Crippen LogP contribution in [0.2, 0.25) is 0 Å². The monoisotopic (exact) mass is 533 g/mol. The van der Waals surface area contributed by atoms with Crippen molar-refractivity contribution in [1.29, 1.82) is 0 Å². The summed E-state index contributed by atoms with van der Waals surface area (Å²) in [6.07, 6.45) is 6.31. The van der Waals surface area contributed by atoms with Crippen LogP contribution in [0.3, 0.4) is 0 Å². The molecule has 0 bridgehead atoms. The van der Waals surface area contributed by atoms with Crippen LogP contribution in [-0.4, -0.2) is 70.3 Å². The molecule has 2 aromatic heterocycles. The molecule has 0 spiro atoms. The molecule has 38 heavy (non-hydrogen) atoms. The Balaban J connectivity index is 1.26.